The van der Waals surface area contributed by atoms with Crippen LogP contribution >= 0.6 is 0 Å². The van der Waals surface area contributed by atoms with Crippen molar-refractivity contribution >= 4 is 10.0 Å². The summed E-state index contributed by atoms with van der Waals surface area (Å²) in [6.07, 6.45) is 0.520. The number of rotatable bonds is 6. The third-order valence-corrected chi connectivity index (χ3v) is 5.16. The predicted octanol–water partition coefficient (Wildman–Crippen LogP) is 1.71. The minimum Gasteiger partial charge on any atom is -0.329 e. The summed E-state index contributed by atoms with van der Waals surface area (Å²) in [5.41, 5.74) is 7.59. The molecule has 0 spiro atoms. The molecule has 1 rings (SSSR count). The summed E-state index contributed by atoms with van der Waals surface area (Å²) < 4.78 is 26.8. The average molecular weight is 270 g/mol. The Morgan fingerprint density at radius 3 is 2.28 bits per heavy atom. The molecule has 1 aromatic rings. The van der Waals surface area contributed by atoms with E-state index in [1.807, 2.05) is 45.0 Å². The van der Waals surface area contributed by atoms with Crippen LogP contribution in [0, 0.1) is 6.92 Å². The molecular formula is C13H22N2O2S. The van der Waals surface area contributed by atoms with Gasteiger partial charge in [-0.3, -0.25) is 0 Å². The lowest BCUT2D eigenvalue weighted by atomic mass is 10.1. The van der Waals surface area contributed by atoms with Gasteiger partial charge in [-0.15, -0.1) is 0 Å². The molecule has 2 unspecified atom stereocenters. The van der Waals surface area contributed by atoms with Crippen molar-refractivity contribution in [3.05, 3.63) is 35.4 Å². The van der Waals surface area contributed by atoms with Crippen molar-refractivity contribution in [2.24, 2.45) is 5.73 Å². The van der Waals surface area contributed by atoms with Crippen LogP contribution < -0.4 is 10.5 Å². The lowest BCUT2D eigenvalue weighted by Crippen LogP contribution is -2.39. The van der Waals surface area contributed by atoms with E-state index in [1.54, 1.807) is 0 Å². The lowest BCUT2D eigenvalue weighted by molar-refractivity contribution is 0.547. The Morgan fingerprint density at radius 1 is 1.28 bits per heavy atom. The van der Waals surface area contributed by atoms with Crippen LogP contribution in [-0.2, 0) is 10.0 Å². The van der Waals surface area contributed by atoms with Crippen LogP contribution in [0.2, 0.25) is 0 Å². The van der Waals surface area contributed by atoms with Crippen LogP contribution in [0.25, 0.3) is 0 Å². The van der Waals surface area contributed by atoms with Gasteiger partial charge in [-0.05, 0) is 25.8 Å². The zero-order valence-electron chi connectivity index (χ0n) is 11.2. The molecule has 0 fully saturated rings. The van der Waals surface area contributed by atoms with E-state index in [9.17, 15) is 8.42 Å². The summed E-state index contributed by atoms with van der Waals surface area (Å²) in [4.78, 5) is 0. The normalized spacial score (nSPS) is 15.3. The summed E-state index contributed by atoms with van der Waals surface area (Å²) in [7, 11) is -3.36. The molecule has 0 aliphatic rings. The van der Waals surface area contributed by atoms with Crippen LogP contribution in [0.5, 0.6) is 0 Å². The van der Waals surface area contributed by atoms with Crippen LogP contribution in [0.4, 0.5) is 0 Å². The SMILES string of the molecule is CCC(CN)S(=O)(=O)NC(C)c1ccc(C)cc1. The molecular weight excluding hydrogens is 248 g/mol. The summed E-state index contributed by atoms with van der Waals surface area (Å²) in [6, 6.07) is 7.58. The number of hydrogen-bond acceptors (Lipinski definition) is 3. The summed E-state index contributed by atoms with van der Waals surface area (Å²) >= 11 is 0. The monoisotopic (exact) mass is 270 g/mol. The first-order chi connectivity index (χ1) is 8.40. The van der Waals surface area contributed by atoms with Gasteiger partial charge in [0.05, 0.1) is 5.25 Å². The maximum atomic E-state index is 12.1. The van der Waals surface area contributed by atoms with Crippen LogP contribution in [-0.4, -0.2) is 20.2 Å². The molecule has 0 saturated carbocycles. The predicted molar refractivity (Wildman–Crippen MR) is 74.8 cm³/mol. The molecule has 18 heavy (non-hydrogen) atoms. The largest absolute Gasteiger partial charge is 0.329 e. The topological polar surface area (TPSA) is 72.2 Å². The lowest BCUT2D eigenvalue weighted by Gasteiger charge is -2.19. The van der Waals surface area contributed by atoms with Crippen molar-refractivity contribution in [3.63, 3.8) is 0 Å². The van der Waals surface area contributed by atoms with Gasteiger partial charge in [-0.25, -0.2) is 13.1 Å². The second-order valence-corrected chi connectivity index (χ2v) is 6.55. The summed E-state index contributed by atoms with van der Waals surface area (Å²) in [5, 5.41) is -0.523. The molecule has 5 heteroatoms. The molecule has 4 nitrogen and oxygen atoms in total. The second-order valence-electron chi connectivity index (χ2n) is 4.56. The molecule has 0 saturated heterocycles. The highest BCUT2D eigenvalue weighted by Crippen LogP contribution is 2.16. The Morgan fingerprint density at radius 2 is 1.83 bits per heavy atom. The minimum atomic E-state index is -3.36. The molecule has 0 radical (unpaired) electrons. The van der Waals surface area contributed by atoms with E-state index in [0.717, 1.165) is 11.1 Å². The molecule has 0 bridgehead atoms. The second kappa shape index (κ2) is 6.31. The van der Waals surface area contributed by atoms with Crippen LogP contribution in [0.15, 0.2) is 24.3 Å². The van der Waals surface area contributed by atoms with Crippen molar-refractivity contribution in [2.45, 2.75) is 38.5 Å². The Balaban J connectivity index is 2.81. The fourth-order valence-electron chi connectivity index (χ4n) is 1.78. The van der Waals surface area contributed by atoms with Gasteiger partial charge in [0, 0.05) is 12.6 Å². The van der Waals surface area contributed by atoms with Gasteiger partial charge in [0.1, 0.15) is 0 Å². The minimum absolute atomic E-state index is 0.145. The maximum absolute atomic E-state index is 12.1. The van der Waals surface area contributed by atoms with E-state index >= 15 is 0 Å². The van der Waals surface area contributed by atoms with Crippen molar-refractivity contribution in [1.82, 2.24) is 4.72 Å². The Bertz CT molecular complexity index is 464. The fraction of sp³-hybridized carbons (Fsp3) is 0.538. The van der Waals surface area contributed by atoms with Crippen LogP contribution in [0.1, 0.15) is 37.4 Å². The van der Waals surface area contributed by atoms with Gasteiger partial charge >= 0.3 is 0 Å². The quantitative estimate of drug-likeness (QED) is 0.826. The van der Waals surface area contributed by atoms with E-state index in [4.69, 9.17) is 5.73 Å². The Kier molecular flexibility index (Phi) is 5.31. The first kappa shape index (κ1) is 15.1. The van der Waals surface area contributed by atoms with Gasteiger partial charge in [0.25, 0.3) is 0 Å². The third kappa shape index (κ3) is 3.80. The highest BCUT2D eigenvalue weighted by Gasteiger charge is 2.24. The van der Waals surface area contributed by atoms with Gasteiger partial charge in [-0.1, -0.05) is 36.8 Å². The molecule has 0 amide bonds. The van der Waals surface area contributed by atoms with Crippen LogP contribution in [0.3, 0.4) is 0 Å². The number of benzene rings is 1. The molecule has 102 valence electrons. The molecule has 0 aromatic heterocycles. The van der Waals surface area contributed by atoms with Crippen molar-refractivity contribution in [3.8, 4) is 0 Å². The van der Waals surface area contributed by atoms with Gasteiger partial charge in [-0.2, -0.15) is 0 Å². The number of aryl methyl sites for hydroxylation is 1. The number of nitrogens with two attached hydrogens (primary N) is 1. The highest BCUT2D eigenvalue weighted by atomic mass is 32.2. The maximum Gasteiger partial charge on any atom is 0.216 e. The standard InChI is InChI=1S/C13H22N2O2S/c1-4-13(9-14)18(16,17)15-11(3)12-7-5-10(2)6-8-12/h5-8,11,13,15H,4,9,14H2,1-3H3. The summed E-state index contributed by atoms with van der Waals surface area (Å²) in [5.74, 6) is 0. The zero-order chi connectivity index (χ0) is 13.8. The molecule has 0 heterocycles. The summed E-state index contributed by atoms with van der Waals surface area (Å²) in [6.45, 7) is 5.81. The van der Waals surface area contributed by atoms with Crippen molar-refractivity contribution < 1.29 is 8.42 Å². The first-order valence-corrected chi connectivity index (χ1v) is 7.73. The van der Waals surface area contributed by atoms with E-state index in [1.165, 1.54) is 0 Å². The first-order valence-electron chi connectivity index (χ1n) is 6.18. The third-order valence-electron chi connectivity index (χ3n) is 3.08. The fourth-order valence-corrected chi connectivity index (χ4v) is 3.29. The van der Waals surface area contributed by atoms with E-state index in [0.29, 0.717) is 6.42 Å². The number of nitrogens with one attached hydrogen (secondary N) is 1. The van der Waals surface area contributed by atoms with Gasteiger partial charge in [0.15, 0.2) is 0 Å². The van der Waals surface area contributed by atoms with E-state index in [2.05, 4.69) is 4.72 Å². The number of hydrogen-bond donors (Lipinski definition) is 2. The van der Waals surface area contributed by atoms with E-state index < -0.39 is 15.3 Å². The molecule has 0 aliphatic heterocycles. The van der Waals surface area contributed by atoms with Gasteiger partial charge < -0.3 is 5.73 Å². The number of sulfonamides is 1. The van der Waals surface area contributed by atoms with Crippen molar-refractivity contribution in [2.75, 3.05) is 6.54 Å². The van der Waals surface area contributed by atoms with Crippen molar-refractivity contribution in [1.29, 1.82) is 0 Å². The molecule has 1 aromatic carbocycles. The smallest absolute Gasteiger partial charge is 0.216 e. The zero-order valence-corrected chi connectivity index (χ0v) is 12.0. The Hall–Kier alpha value is -0.910. The highest BCUT2D eigenvalue weighted by molar-refractivity contribution is 7.90. The van der Waals surface area contributed by atoms with Gasteiger partial charge in [0.2, 0.25) is 10.0 Å². The molecule has 3 N–H and O–H groups in total. The average Bonchev–Trinajstić information content (AvgIpc) is 2.30. The van der Waals surface area contributed by atoms with E-state index in [-0.39, 0.29) is 12.6 Å². The molecule has 2 atom stereocenters. The molecule has 0 aliphatic carbocycles. The Labute approximate surface area is 110 Å².